The van der Waals surface area contributed by atoms with Gasteiger partial charge in [0.05, 0.1) is 17.7 Å². The molecule has 1 rings (SSSR count). The fraction of sp³-hybridized carbons (Fsp3) is 0.571. The second kappa shape index (κ2) is 6.95. The first kappa shape index (κ1) is 16.8. The van der Waals surface area contributed by atoms with E-state index in [0.717, 1.165) is 12.8 Å². The van der Waals surface area contributed by atoms with Crippen molar-refractivity contribution in [2.45, 2.75) is 44.6 Å². The van der Waals surface area contributed by atoms with E-state index in [-0.39, 0.29) is 10.9 Å². The molecule has 0 saturated heterocycles. The van der Waals surface area contributed by atoms with Crippen molar-refractivity contribution in [2.24, 2.45) is 5.92 Å². The summed E-state index contributed by atoms with van der Waals surface area (Å²) in [6, 6.07) is 4.35. The van der Waals surface area contributed by atoms with Gasteiger partial charge in [0.2, 0.25) is 10.0 Å². The first-order valence-electron chi connectivity index (χ1n) is 6.72. The Labute approximate surface area is 121 Å². The molecule has 0 aromatic heterocycles. The Morgan fingerprint density at radius 2 is 1.90 bits per heavy atom. The van der Waals surface area contributed by atoms with Gasteiger partial charge in [0.1, 0.15) is 5.75 Å². The molecule has 0 heterocycles. The number of hydrogen-bond acceptors (Lipinski definition) is 4. The van der Waals surface area contributed by atoms with Crippen LogP contribution >= 0.6 is 0 Å². The highest BCUT2D eigenvalue weighted by Gasteiger charge is 2.18. The molecule has 1 aromatic rings. The largest absolute Gasteiger partial charge is 0.495 e. The molecule has 0 amide bonds. The van der Waals surface area contributed by atoms with Crippen molar-refractivity contribution in [3.63, 3.8) is 0 Å². The molecular weight excluding hydrogens is 276 g/mol. The van der Waals surface area contributed by atoms with Crippen LogP contribution in [0.5, 0.6) is 5.75 Å². The first-order chi connectivity index (χ1) is 9.26. The van der Waals surface area contributed by atoms with E-state index in [2.05, 4.69) is 18.6 Å². The molecule has 0 aliphatic rings. The highest BCUT2D eigenvalue weighted by atomic mass is 32.2. The maximum atomic E-state index is 12.3. The third kappa shape index (κ3) is 4.68. The van der Waals surface area contributed by atoms with E-state index in [9.17, 15) is 8.42 Å². The minimum Gasteiger partial charge on any atom is -0.495 e. The van der Waals surface area contributed by atoms with Crippen molar-refractivity contribution in [1.82, 2.24) is 4.72 Å². The Kier molecular flexibility index (Phi) is 5.83. The zero-order chi connectivity index (χ0) is 15.3. The van der Waals surface area contributed by atoms with E-state index >= 15 is 0 Å². The van der Waals surface area contributed by atoms with E-state index in [4.69, 9.17) is 10.5 Å². The number of ether oxygens (including phenoxy) is 1. The van der Waals surface area contributed by atoms with Crippen LogP contribution in [-0.4, -0.2) is 21.6 Å². The van der Waals surface area contributed by atoms with Crippen LogP contribution < -0.4 is 15.2 Å². The SMILES string of the molecule is COc1cc(S(=O)(=O)NC(C)CCC(C)C)ccc1N. The van der Waals surface area contributed by atoms with E-state index in [1.165, 1.54) is 25.3 Å². The van der Waals surface area contributed by atoms with Gasteiger partial charge >= 0.3 is 0 Å². The topological polar surface area (TPSA) is 81.4 Å². The van der Waals surface area contributed by atoms with Gasteiger partial charge in [0.25, 0.3) is 0 Å². The maximum absolute atomic E-state index is 12.3. The summed E-state index contributed by atoms with van der Waals surface area (Å²) in [5, 5.41) is 0. The lowest BCUT2D eigenvalue weighted by molar-refractivity contribution is 0.415. The number of benzene rings is 1. The first-order valence-corrected chi connectivity index (χ1v) is 8.20. The number of rotatable bonds is 7. The number of nitrogens with two attached hydrogens (primary N) is 1. The lowest BCUT2D eigenvalue weighted by Crippen LogP contribution is -2.32. The number of nitrogen functional groups attached to an aromatic ring is 1. The fourth-order valence-corrected chi connectivity index (χ4v) is 3.13. The Balaban J connectivity index is 2.83. The van der Waals surface area contributed by atoms with Gasteiger partial charge in [-0.3, -0.25) is 0 Å². The van der Waals surface area contributed by atoms with Crippen molar-refractivity contribution in [2.75, 3.05) is 12.8 Å². The third-order valence-corrected chi connectivity index (χ3v) is 4.64. The van der Waals surface area contributed by atoms with Gasteiger partial charge < -0.3 is 10.5 Å². The van der Waals surface area contributed by atoms with Gasteiger partial charge in [0.15, 0.2) is 0 Å². The molecular formula is C14H24N2O3S. The van der Waals surface area contributed by atoms with E-state index < -0.39 is 10.0 Å². The summed E-state index contributed by atoms with van der Waals surface area (Å²) in [5.74, 6) is 0.918. The van der Waals surface area contributed by atoms with E-state index in [1.54, 1.807) is 0 Å². The maximum Gasteiger partial charge on any atom is 0.240 e. The normalized spacial score (nSPS) is 13.4. The van der Waals surface area contributed by atoms with Crippen LogP contribution in [0.4, 0.5) is 5.69 Å². The Hall–Kier alpha value is -1.27. The van der Waals surface area contributed by atoms with E-state index in [0.29, 0.717) is 17.4 Å². The summed E-state index contributed by atoms with van der Waals surface area (Å²) in [6.07, 6.45) is 1.79. The molecule has 1 atom stereocenters. The molecule has 0 fully saturated rings. The smallest absolute Gasteiger partial charge is 0.240 e. The molecule has 6 heteroatoms. The Morgan fingerprint density at radius 3 is 2.45 bits per heavy atom. The van der Waals surface area contributed by atoms with Crippen LogP contribution in [0.3, 0.4) is 0 Å². The highest BCUT2D eigenvalue weighted by Crippen LogP contribution is 2.24. The fourth-order valence-electron chi connectivity index (χ4n) is 1.83. The quantitative estimate of drug-likeness (QED) is 0.758. The summed E-state index contributed by atoms with van der Waals surface area (Å²) >= 11 is 0. The van der Waals surface area contributed by atoms with Gasteiger partial charge in [-0.1, -0.05) is 13.8 Å². The molecule has 1 unspecified atom stereocenters. The summed E-state index contributed by atoms with van der Waals surface area (Å²) in [6.45, 7) is 6.10. The van der Waals surface area contributed by atoms with Gasteiger partial charge in [-0.2, -0.15) is 0 Å². The molecule has 1 aromatic carbocycles. The predicted octanol–water partition coefficient (Wildman–Crippen LogP) is 2.38. The van der Waals surface area contributed by atoms with Crippen LogP contribution in [0.2, 0.25) is 0 Å². The predicted molar refractivity (Wildman–Crippen MR) is 81.3 cm³/mol. The van der Waals surface area contributed by atoms with Crippen LogP contribution in [0.1, 0.15) is 33.6 Å². The van der Waals surface area contributed by atoms with Crippen molar-refractivity contribution < 1.29 is 13.2 Å². The lowest BCUT2D eigenvalue weighted by atomic mass is 10.1. The average molecular weight is 300 g/mol. The monoisotopic (exact) mass is 300 g/mol. The number of sulfonamides is 1. The van der Waals surface area contributed by atoms with Crippen LogP contribution in [-0.2, 0) is 10.0 Å². The third-order valence-electron chi connectivity index (χ3n) is 3.05. The zero-order valence-electron chi connectivity index (χ0n) is 12.5. The van der Waals surface area contributed by atoms with Crippen molar-refractivity contribution in [3.05, 3.63) is 18.2 Å². The van der Waals surface area contributed by atoms with Crippen LogP contribution in [0.15, 0.2) is 23.1 Å². The van der Waals surface area contributed by atoms with Gasteiger partial charge in [-0.25, -0.2) is 13.1 Å². The summed E-state index contributed by atoms with van der Waals surface area (Å²) in [5.41, 5.74) is 6.10. The van der Waals surface area contributed by atoms with Crippen molar-refractivity contribution in [1.29, 1.82) is 0 Å². The molecule has 20 heavy (non-hydrogen) atoms. The molecule has 0 bridgehead atoms. The molecule has 0 aliphatic carbocycles. The zero-order valence-corrected chi connectivity index (χ0v) is 13.3. The molecule has 114 valence electrons. The van der Waals surface area contributed by atoms with Crippen molar-refractivity contribution >= 4 is 15.7 Å². The van der Waals surface area contributed by atoms with Crippen molar-refractivity contribution in [3.8, 4) is 5.75 Å². The minimum absolute atomic E-state index is 0.106. The summed E-state index contributed by atoms with van der Waals surface area (Å²) in [4.78, 5) is 0.167. The summed E-state index contributed by atoms with van der Waals surface area (Å²) in [7, 11) is -2.08. The van der Waals surface area contributed by atoms with Gasteiger partial charge in [-0.05, 0) is 37.8 Å². The number of anilines is 1. The number of hydrogen-bond donors (Lipinski definition) is 2. The van der Waals surface area contributed by atoms with Crippen LogP contribution in [0.25, 0.3) is 0 Å². The molecule has 0 aliphatic heterocycles. The molecule has 3 N–H and O–H groups in total. The number of nitrogens with one attached hydrogen (secondary N) is 1. The molecule has 0 radical (unpaired) electrons. The minimum atomic E-state index is -3.54. The molecule has 0 spiro atoms. The Morgan fingerprint density at radius 1 is 1.25 bits per heavy atom. The van der Waals surface area contributed by atoms with Gasteiger partial charge in [0, 0.05) is 12.1 Å². The standard InChI is InChI=1S/C14H24N2O3S/c1-10(2)5-6-11(3)16-20(17,18)12-7-8-13(15)14(9-12)19-4/h7-11,16H,5-6,15H2,1-4H3. The van der Waals surface area contributed by atoms with Gasteiger partial charge in [-0.15, -0.1) is 0 Å². The van der Waals surface area contributed by atoms with Crippen LogP contribution in [0, 0.1) is 5.92 Å². The second-order valence-electron chi connectivity index (χ2n) is 5.40. The summed E-state index contributed by atoms with van der Waals surface area (Å²) < 4.78 is 32.2. The molecule has 0 saturated carbocycles. The highest BCUT2D eigenvalue weighted by molar-refractivity contribution is 7.89. The van der Waals surface area contributed by atoms with E-state index in [1.807, 2.05) is 6.92 Å². The molecule has 5 nitrogen and oxygen atoms in total. The Bertz CT molecular complexity index is 541. The lowest BCUT2D eigenvalue weighted by Gasteiger charge is -2.16. The average Bonchev–Trinajstić information content (AvgIpc) is 2.36. The number of methoxy groups -OCH3 is 1. The second-order valence-corrected chi connectivity index (χ2v) is 7.11.